The van der Waals surface area contributed by atoms with E-state index in [1.54, 1.807) is 19.1 Å². The van der Waals surface area contributed by atoms with Gasteiger partial charge in [-0.25, -0.2) is 14.8 Å². The number of hydrogen-bond acceptors (Lipinski definition) is 5. The molecule has 6 nitrogen and oxygen atoms in total. The van der Waals surface area contributed by atoms with Crippen LogP contribution in [0.2, 0.25) is 0 Å². The summed E-state index contributed by atoms with van der Waals surface area (Å²) in [6, 6.07) is 6.73. The first-order valence-electron chi connectivity index (χ1n) is 5.44. The quantitative estimate of drug-likeness (QED) is 0.870. The van der Waals surface area contributed by atoms with Crippen molar-refractivity contribution in [1.82, 2.24) is 9.97 Å². The molecule has 1 heterocycles. The first kappa shape index (κ1) is 12.5. The van der Waals surface area contributed by atoms with E-state index in [1.165, 1.54) is 18.5 Å². The van der Waals surface area contributed by atoms with Gasteiger partial charge >= 0.3 is 5.97 Å². The van der Waals surface area contributed by atoms with Gasteiger partial charge < -0.3 is 10.4 Å². The molecule has 1 aromatic heterocycles. The number of carbonyl (C=O) groups is 1. The van der Waals surface area contributed by atoms with Crippen LogP contribution in [-0.2, 0) is 0 Å². The van der Waals surface area contributed by atoms with E-state index in [4.69, 9.17) is 10.4 Å². The van der Waals surface area contributed by atoms with Crippen molar-refractivity contribution in [3.05, 3.63) is 47.4 Å². The van der Waals surface area contributed by atoms with Crippen LogP contribution >= 0.6 is 0 Å². The number of aromatic carboxylic acids is 1. The lowest BCUT2D eigenvalue weighted by molar-refractivity contribution is 0.0696. The number of rotatable bonds is 3. The van der Waals surface area contributed by atoms with Gasteiger partial charge in [-0.15, -0.1) is 0 Å². The minimum Gasteiger partial charge on any atom is -0.478 e. The summed E-state index contributed by atoms with van der Waals surface area (Å²) >= 11 is 0. The zero-order valence-electron chi connectivity index (χ0n) is 10.1. The lowest BCUT2D eigenvalue weighted by Crippen LogP contribution is -2.02. The summed E-state index contributed by atoms with van der Waals surface area (Å²) in [4.78, 5) is 18.8. The van der Waals surface area contributed by atoms with Gasteiger partial charge in [-0.1, -0.05) is 0 Å². The number of hydrogen-bond donors (Lipinski definition) is 2. The van der Waals surface area contributed by atoms with Crippen molar-refractivity contribution in [3.8, 4) is 6.07 Å². The maximum atomic E-state index is 10.9. The summed E-state index contributed by atoms with van der Waals surface area (Å²) in [5.41, 5.74) is 1.70. The highest BCUT2D eigenvalue weighted by molar-refractivity contribution is 5.90. The number of nitriles is 1. The Morgan fingerprint density at radius 1 is 1.37 bits per heavy atom. The van der Waals surface area contributed by atoms with Crippen LogP contribution in [0.4, 0.5) is 11.5 Å². The van der Waals surface area contributed by atoms with E-state index >= 15 is 0 Å². The summed E-state index contributed by atoms with van der Waals surface area (Å²) < 4.78 is 0. The molecule has 0 aliphatic heterocycles. The van der Waals surface area contributed by atoms with E-state index in [2.05, 4.69) is 15.3 Å². The first-order chi connectivity index (χ1) is 9.11. The zero-order chi connectivity index (χ0) is 13.8. The molecule has 2 aromatic rings. The molecule has 2 rings (SSSR count). The number of carboxylic acids is 1. The Hall–Kier alpha value is -2.94. The van der Waals surface area contributed by atoms with Gasteiger partial charge in [0.05, 0.1) is 5.56 Å². The second-order valence-corrected chi connectivity index (χ2v) is 3.83. The Bertz CT molecular complexity index is 677. The Labute approximate surface area is 109 Å². The largest absolute Gasteiger partial charge is 0.478 e. The average molecular weight is 254 g/mol. The lowest BCUT2D eigenvalue weighted by atomic mass is 10.1. The number of anilines is 2. The Balaban J connectivity index is 2.32. The van der Waals surface area contributed by atoms with Crippen molar-refractivity contribution in [2.45, 2.75) is 6.92 Å². The zero-order valence-corrected chi connectivity index (χ0v) is 10.1. The third-order valence-corrected chi connectivity index (χ3v) is 2.52. The van der Waals surface area contributed by atoms with E-state index in [0.29, 0.717) is 17.1 Å². The minimum atomic E-state index is -0.971. The van der Waals surface area contributed by atoms with Crippen LogP contribution in [0.3, 0.4) is 0 Å². The summed E-state index contributed by atoms with van der Waals surface area (Å²) in [5.74, 6) is -0.631. The molecule has 0 fully saturated rings. The van der Waals surface area contributed by atoms with Crippen LogP contribution in [0.25, 0.3) is 0 Å². The van der Waals surface area contributed by atoms with Gasteiger partial charge in [-0.3, -0.25) is 0 Å². The monoisotopic (exact) mass is 254 g/mol. The van der Waals surface area contributed by atoms with Gasteiger partial charge in [0.1, 0.15) is 6.07 Å². The van der Waals surface area contributed by atoms with Crippen molar-refractivity contribution in [2.24, 2.45) is 0 Å². The Morgan fingerprint density at radius 3 is 2.74 bits per heavy atom. The predicted octanol–water partition coefficient (Wildman–Crippen LogP) is 2.10. The molecule has 0 amide bonds. The standard InChI is InChI=1S/C13H10N4O2/c1-8-6-9(2-3-10(8)13(18)19)17-12-11(7-14)15-4-5-16-12/h2-6H,1H3,(H,16,17)(H,18,19). The number of aryl methyl sites for hydroxylation is 1. The predicted molar refractivity (Wildman–Crippen MR) is 68.2 cm³/mol. The molecular weight excluding hydrogens is 244 g/mol. The van der Waals surface area contributed by atoms with Gasteiger partial charge in [0.25, 0.3) is 0 Å². The maximum Gasteiger partial charge on any atom is 0.335 e. The van der Waals surface area contributed by atoms with Crippen LogP contribution in [0.5, 0.6) is 0 Å². The van der Waals surface area contributed by atoms with Crippen LogP contribution in [0.1, 0.15) is 21.6 Å². The molecular formula is C13H10N4O2. The highest BCUT2D eigenvalue weighted by Gasteiger charge is 2.09. The van der Waals surface area contributed by atoms with Crippen molar-refractivity contribution in [2.75, 3.05) is 5.32 Å². The van der Waals surface area contributed by atoms with Gasteiger partial charge in [-0.2, -0.15) is 5.26 Å². The van der Waals surface area contributed by atoms with E-state index < -0.39 is 5.97 Å². The second kappa shape index (κ2) is 5.14. The first-order valence-corrected chi connectivity index (χ1v) is 5.44. The number of nitrogens with zero attached hydrogens (tertiary/aromatic N) is 3. The molecule has 0 saturated heterocycles. The van der Waals surface area contributed by atoms with E-state index in [1.807, 2.05) is 6.07 Å². The summed E-state index contributed by atoms with van der Waals surface area (Å²) in [7, 11) is 0. The molecule has 2 N–H and O–H groups in total. The Morgan fingerprint density at radius 2 is 2.11 bits per heavy atom. The molecule has 19 heavy (non-hydrogen) atoms. The second-order valence-electron chi connectivity index (χ2n) is 3.83. The molecule has 1 aromatic carbocycles. The van der Waals surface area contributed by atoms with Crippen LogP contribution in [0.15, 0.2) is 30.6 Å². The third-order valence-electron chi connectivity index (χ3n) is 2.52. The fraction of sp³-hybridized carbons (Fsp3) is 0.0769. The van der Waals surface area contributed by atoms with E-state index in [0.717, 1.165) is 0 Å². The van der Waals surface area contributed by atoms with E-state index in [-0.39, 0.29) is 11.3 Å². The maximum absolute atomic E-state index is 10.9. The molecule has 0 unspecified atom stereocenters. The molecule has 0 bridgehead atoms. The van der Waals surface area contributed by atoms with Crippen molar-refractivity contribution in [3.63, 3.8) is 0 Å². The van der Waals surface area contributed by atoms with Crippen LogP contribution in [0, 0.1) is 18.3 Å². The lowest BCUT2D eigenvalue weighted by Gasteiger charge is -2.08. The fourth-order valence-corrected chi connectivity index (χ4v) is 1.63. The van der Waals surface area contributed by atoms with Gasteiger partial charge in [0.2, 0.25) is 0 Å². The fourth-order valence-electron chi connectivity index (χ4n) is 1.63. The van der Waals surface area contributed by atoms with Crippen molar-refractivity contribution < 1.29 is 9.90 Å². The molecule has 0 radical (unpaired) electrons. The normalized spacial score (nSPS) is 9.68. The van der Waals surface area contributed by atoms with Gasteiger partial charge in [0.15, 0.2) is 11.5 Å². The molecule has 0 aliphatic carbocycles. The molecule has 0 aliphatic rings. The third kappa shape index (κ3) is 2.66. The summed E-state index contributed by atoms with van der Waals surface area (Å²) in [5, 5.41) is 20.8. The van der Waals surface area contributed by atoms with E-state index in [9.17, 15) is 4.79 Å². The van der Waals surface area contributed by atoms with Gasteiger partial charge in [0, 0.05) is 18.1 Å². The summed E-state index contributed by atoms with van der Waals surface area (Å²) in [6.07, 6.45) is 2.91. The smallest absolute Gasteiger partial charge is 0.335 e. The van der Waals surface area contributed by atoms with Gasteiger partial charge in [-0.05, 0) is 30.7 Å². The molecule has 0 spiro atoms. The van der Waals surface area contributed by atoms with Crippen molar-refractivity contribution >= 4 is 17.5 Å². The average Bonchev–Trinajstić information content (AvgIpc) is 2.39. The Kier molecular flexibility index (Phi) is 3.39. The van der Waals surface area contributed by atoms with Crippen LogP contribution < -0.4 is 5.32 Å². The number of nitrogens with one attached hydrogen (secondary N) is 1. The minimum absolute atomic E-state index is 0.183. The SMILES string of the molecule is Cc1cc(Nc2nccnc2C#N)ccc1C(=O)O. The molecule has 94 valence electrons. The van der Waals surface area contributed by atoms with Crippen molar-refractivity contribution in [1.29, 1.82) is 5.26 Å². The summed E-state index contributed by atoms with van der Waals surface area (Å²) in [6.45, 7) is 1.70. The molecule has 6 heteroatoms. The number of aromatic nitrogens is 2. The molecule has 0 atom stereocenters. The molecule has 0 saturated carbocycles. The highest BCUT2D eigenvalue weighted by Crippen LogP contribution is 2.19. The van der Waals surface area contributed by atoms with Crippen LogP contribution in [-0.4, -0.2) is 21.0 Å². The topological polar surface area (TPSA) is 98.9 Å². The highest BCUT2D eigenvalue weighted by atomic mass is 16.4. The number of carboxylic acid groups (broad SMARTS) is 1. The number of benzene rings is 1.